The number of fused-ring (bicyclic) bond motifs is 3. The van der Waals surface area contributed by atoms with Crippen LogP contribution in [0.3, 0.4) is 0 Å². The Morgan fingerprint density at radius 2 is 1.74 bits per heavy atom. The average Bonchev–Trinajstić information content (AvgIpc) is 2.58. The number of aliphatic hydroxyl groups is 1. The van der Waals surface area contributed by atoms with Gasteiger partial charge in [0.2, 0.25) is 5.75 Å². The van der Waals surface area contributed by atoms with Crippen LogP contribution in [0.25, 0.3) is 11.1 Å². The number of aryl methyl sites for hydroxylation is 1. The van der Waals surface area contributed by atoms with Gasteiger partial charge in [-0.15, -0.1) is 0 Å². The lowest BCUT2D eigenvalue weighted by atomic mass is 9.85. The fourth-order valence-corrected chi connectivity index (χ4v) is 3.36. The van der Waals surface area contributed by atoms with Crippen molar-refractivity contribution >= 4 is 0 Å². The molecule has 2 aromatic rings. The quantitative estimate of drug-likeness (QED) is 0.937. The van der Waals surface area contributed by atoms with Crippen LogP contribution in [0.5, 0.6) is 17.2 Å². The Hall–Kier alpha value is -2.20. The number of hydrogen-bond acceptors (Lipinski definition) is 4. The van der Waals surface area contributed by atoms with E-state index in [2.05, 4.69) is 0 Å². The molecule has 0 saturated heterocycles. The van der Waals surface area contributed by atoms with Crippen molar-refractivity contribution < 1.29 is 19.3 Å². The van der Waals surface area contributed by atoms with E-state index in [4.69, 9.17) is 14.2 Å². The minimum Gasteiger partial charge on any atom is -0.493 e. The van der Waals surface area contributed by atoms with Gasteiger partial charge in [-0.2, -0.15) is 0 Å². The van der Waals surface area contributed by atoms with Gasteiger partial charge in [-0.3, -0.25) is 0 Å². The van der Waals surface area contributed by atoms with Crippen molar-refractivity contribution in [2.45, 2.75) is 25.4 Å². The van der Waals surface area contributed by atoms with E-state index in [-0.39, 0.29) is 0 Å². The first kappa shape index (κ1) is 15.7. The topological polar surface area (TPSA) is 47.9 Å². The smallest absolute Gasteiger partial charge is 0.203 e. The second-order valence-corrected chi connectivity index (χ2v) is 5.67. The molecule has 4 heteroatoms. The molecular weight excluding hydrogens is 292 g/mol. The summed E-state index contributed by atoms with van der Waals surface area (Å²) >= 11 is 0. The Kier molecular flexibility index (Phi) is 4.44. The van der Waals surface area contributed by atoms with Crippen LogP contribution in [0.1, 0.15) is 30.1 Å². The maximum absolute atomic E-state index is 10.5. The van der Waals surface area contributed by atoms with Gasteiger partial charge in [-0.1, -0.05) is 24.3 Å². The van der Waals surface area contributed by atoms with Gasteiger partial charge in [0.25, 0.3) is 0 Å². The highest BCUT2D eigenvalue weighted by atomic mass is 16.5. The van der Waals surface area contributed by atoms with Gasteiger partial charge >= 0.3 is 0 Å². The Labute approximate surface area is 136 Å². The molecule has 0 amide bonds. The van der Waals surface area contributed by atoms with Crippen molar-refractivity contribution in [1.29, 1.82) is 0 Å². The molecule has 0 saturated carbocycles. The third kappa shape index (κ3) is 2.63. The molecule has 0 radical (unpaired) electrons. The van der Waals surface area contributed by atoms with E-state index in [0.717, 1.165) is 41.5 Å². The van der Waals surface area contributed by atoms with Crippen molar-refractivity contribution in [2.24, 2.45) is 0 Å². The summed E-state index contributed by atoms with van der Waals surface area (Å²) in [6.45, 7) is 0. The van der Waals surface area contributed by atoms with Gasteiger partial charge in [-0.05, 0) is 42.0 Å². The van der Waals surface area contributed by atoms with Crippen LogP contribution in [0.2, 0.25) is 0 Å². The SMILES string of the molecule is COc1cc2c(c(OC)c1OC)-c1ccccc1[C@H](O)CCC2. The molecule has 23 heavy (non-hydrogen) atoms. The average molecular weight is 314 g/mol. The predicted molar refractivity (Wildman–Crippen MR) is 89.4 cm³/mol. The van der Waals surface area contributed by atoms with Gasteiger partial charge in [0.1, 0.15) is 0 Å². The van der Waals surface area contributed by atoms with E-state index < -0.39 is 6.10 Å². The first-order valence-electron chi connectivity index (χ1n) is 7.80. The molecule has 0 fully saturated rings. The van der Waals surface area contributed by atoms with E-state index in [0.29, 0.717) is 17.2 Å². The van der Waals surface area contributed by atoms with E-state index >= 15 is 0 Å². The standard InChI is InChI=1S/C19H22O4/c1-21-16-11-12-7-6-10-15(20)13-8-4-5-9-14(13)17(12)19(23-3)18(16)22-2/h4-5,8-9,11,15,20H,6-7,10H2,1-3H3/t15-/m1/s1. The van der Waals surface area contributed by atoms with Crippen LogP contribution in [-0.4, -0.2) is 26.4 Å². The van der Waals surface area contributed by atoms with Gasteiger partial charge < -0.3 is 19.3 Å². The molecule has 4 nitrogen and oxygen atoms in total. The number of methoxy groups -OCH3 is 3. The lowest BCUT2D eigenvalue weighted by Gasteiger charge is -2.25. The van der Waals surface area contributed by atoms with Crippen LogP contribution in [0, 0.1) is 0 Å². The molecule has 1 aliphatic rings. The number of benzene rings is 2. The minimum absolute atomic E-state index is 0.461. The second kappa shape index (κ2) is 6.50. The summed E-state index contributed by atoms with van der Waals surface area (Å²) in [6, 6.07) is 9.96. The molecule has 122 valence electrons. The van der Waals surface area contributed by atoms with E-state index in [1.165, 1.54) is 0 Å². The Bertz CT molecular complexity index is 709. The van der Waals surface area contributed by atoms with E-state index in [9.17, 15) is 5.11 Å². The second-order valence-electron chi connectivity index (χ2n) is 5.67. The lowest BCUT2D eigenvalue weighted by Crippen LogP contribution is -2.08. The Morgan fingerprint density at radius 1 is 1.00 bits per heavy atom. The molecule has 0 aromatic heterocycles. The third-order valence-corrected chi connectivity index (χ3v) is 4.42. The molecule has 0 aliphatic heterocycles. The summed E-state index contributed by atoms with van der Waals surface area (Å²) in [4.78, 5) is 0. The van der Waals surface area contributed by atoms with Gasteiger partial charge in [0.05, 0.1) is 27.4 Å². The number of aliphatic hydroxyl groups excluding tert-OH is 1. The van der Waals surface area contributed by atoms with Crippen LogP contribution in [0.4, 0.5) is 0 Å². The number of hydrogen-bond donors (Lipinski definition) is 1. The lowest BCUT2D eigenvalue weighted by molar-refractivity contribution is 0.164. The van der Waals surface area contributed by atoms with E-state index in [1.807, 2.05) is 30.3 Å². The van der Waals surface area contributed by atoms with Gasteiger partial charge in [0.15, 0.2) is 11.5 Å². The zero-order valence-electron chi connectivity index (χ0n) is 13.8. The summed E-state index contributed by atoms with van der Waals surface area (Å²) in [6.07, 6.45) is 2.04. The number of ether oxygens (including phenoxy) is 3. The van der Waals surface area contributed by atoms with Crippen molar-refractivity contribution in [3.05, 3.63) is 41.5 Å². The van der Waals surface area contributed by atoms with Crippen molar-refractivity contribution in [1.82, 2.24) is 0 Å². The monoisotopic (exact) mass is 314 g/mol. The molecule has 0 bridgehead atoms. The molecular formula is C19H22O4. The van der Waals surface area contributed by atoms with Crippen LogP contribution in [-0.2, 0) is 6.42 Å². The summed E-state index contributed by atoms with van der Waals surface area (Å²) < 4.78 is 16.7. The normalized spacial score (nSPS) is 16.6. The summed E-state index contributed by atoms with van der Waals surface area (Å²) in [7, 11) is 4.87. The zero-order valence-corrected chi connectivity index (χ0v) is 13.8. The summed E-state index contributed by atoms with van der Waals surface area (Å²) in [5.41, 5.74) is 4.06. The maximum Gasteiger partial charge on any atom is 0.203 e. The molecule has 1 aliphatic carbocycles. The molecule has 3 rings (SSSR count). The zero-order chi connectivity index (χ0) is 16.4. The first-order chi connectivity index (χ1) is 11.2. The molecule has 1 atom stereocenters. The molecule has 0 spiro atoms. The molecule has 1 N–H and O–H groups in total. The Morgan fingerprint density at radius 3 is 2.43 bits per heavy atom. The first-order valence-corrected chi connectivity index (χ1v) is 7.80. The van der Waals surface area contributed by atoms with Gasteiger partial charge in [0, 0.05) is 5.56 Å². The fourth-order valence-electron chi connectivity index (χ4n) is 3.36. The Balaban J connectivity index is 2.35. The summed E-state index contributed by atoms with van der Waals surface area (Å²) in [5, 5.41) is 10.5. The molecule has 2 aromatic carbocycles. The molecule has 0 heterocycles. The molecule has 0 unspecified atom stereocenters. The highest BCUT2D eigenvalue weighted by Gasteiger charge is 2.26. The third-order valence-electron chi connectivity index (χ3n) is 4.42. The summed E-state index contributed by atoms with van der Waals surface area (Å²) in [5.74, 6) is 1.91. The highest BCUT2D eigenvalue weighted by molar-refractivity contribution is 5.82. The van der Waals surface area contributed by atoms with Crippen LogP contribution >= 0.6 is 0 Å². The van der Waals surface area contributed by atoms with Crippen molar-refractivity contribution in [3.63, 3.8) is 0 Å². The number of rotatable bonds is 3. The maximum atomic E-state index is 10.5. The van der Waals surface area contributed by atoms with Crippen LogP contribution in [0.15, 0.2) is 30.3 Å². The van der Waals surface area contributed by atoms with Crippen molar-refractivity contribution in [2.75, 3.05) is 21.3 Å². The fraction of sp³-hybridized carbons (Fsp3) is 0.368. The largest absolute Gasteiger partial charge is 0.493 e. The predicted octanol–water partition coefficient (Wildman–Crippen LogP) is 3.75. The highest BCUT2D eigenvalue weighted by Crippen LogP contribution is 2.49. The van der Waals surface area contributed by atoms with E-state index in [1.54, 1.807) is 21.3 Å². The van der Waals surface area contributed by atoms with Gasteiger partial charge in [-0.25, -0.2) is 0 Å². The minimum atomic E-state index is -0.461. The van der Waals surface area contributed by atoms with Crippen LogP contribution < -0.4 is 14.2 Å². The van der Waals surface area contributed by atoms with Crippen molar-refractivity contribution in [3.8, 4) is 28.4 Å².